The number of carbonyl (C=O) groups excluding carboxylic acids is 1. The Morgan fingerprint density at radius 3 is 2.10 bits per heavy atom. The van der Waals surface area contributed by atoms with Crippen molar-refractivity contribution in [2.45, 2.75) is 164 Å². The van der Waals surface area contributed by atoms with Gasteiger partial charge in [-0.25, -0.2) is 0 Å². The van der Waals surface area contributed by atoms with Crippen LogP contribution < -0.4 is 4.74 Å². The number of hydrogen-bond donors (Lipinski definition) is 1. The van der Waals surface area contributed by atoms with Crippen molar-refractivity contribution < 1.29 is 19.4 Å². The number of unbranched alkanes of at least 4 members (excludes halogenated alkanes) is 2. The number of benzene rings is 1. The number of rotatable bonds is 18. The van der Waals surface area contributed by atoms with Crippen LogP contribution in [0.1, 0.15) is 154 Å². The Kier molecular flexibility index (Phi) is 18.2. The van der Waals surface area contributed by atoms with Crippen molar-refractivity contribution in [3.63, 3.8) is 0 Å². The minimum Gasteiger partial charge on any atom is -0.507 e. The molecular weight excluding hydrogens is 520 g/mol. The van der Waals surface area contributed by atoms with Crippen LogP contribution in [-0.4, -0.2) is 23.3 Å². The van der Waals surface area contributed by atoms with Gasteiger partial charge in [0, 0.05) is 12.0 Å². The number of carbonyl (C=O) groups is 1. The molecule has 0 radical (unpaired) electrons. The maximum Gasteiger partial charge on any atom is 0.306 e. The largest absolute Gasteiger partial charge is 0.507 e. The van der Waals surface area contributed by atoms with E-state index in [0.717, 1.165) is 78.7 Å². The van der Waals surface area contributed by atoms with E-state index < -0.39 is 0 Å². The summed E-state index contributed by atoms with van der Waals surface area (Å²) in [5.41, 5.74) is 4.23. The van der Waals surface area contributed by atoms with E-state index in [1.807, 2.05) is 13.8 Å². The minimum absolute atomic E-state index is 0.0712. The van der Waals surface area contributed by atoms with E-state index in [2.05, 4.69) is 55.0 Å². The molecule has 42 heavy (non-hydrogen) atoms. The molecule has 0 bridgehead atoms. The van der Waals surface area contributed by atoms with E-state index in [1.165, 1.54) is 56.9 Å². The van der Waals surface area contributed by atoms with Gasteiger partial charge in [-0.3, -0.25) is 4.79 Å². The number of phenols is 1. The number of hydrogen-bond acceptors (Lipinski definition) is 4. The third kappa shape index (κ3) is 14.0. The van der Waals surface area contributed by atoms with Gasteiger partial charge < -0.3 is 14.6 Å². The summed E-state index contributed by atoms with van der Waals surface area (Å²) in [7, 11) is 0. The van der Waals surface area contributed by atoms with Gasteiger partial charge in [-0.1, -0.05) is 105 Å². The second-order valence-electron chi connectivity index (χ2n) is 13.9. The standard InChI is InChI=1S/C29H50O2.C9H16O2/c1-20(2)12-9-13-21(3)14-10-15-22(4)16-11-18-29(8)19-17-26-25(7)27(30)23(5)24(6)28(26)31-29;1-3-5-6-7-9(10)11-8-4-2/h20-22,30H,9-19H2,1-8H3;4H,2-3,5-8H2,1H3/t21?,22?,29-;/m1./s1. The van der Waals surface area contributed by atoms with Gasteiger partial charge in [-0.2, -0.15) is 0 Å². The van der Waals surface area contributed by atoms with Crippen molar-refractivity contribution in [2.24, 2.45) is 17.8 Å². The number of phenolic OH excluding ortho intramolecular Hbond substituents is 1. The van der Waals surface area contributed by atoms with Crippen molar-refractivity contribution in [1.29, 1.82) is 0 Å². The zero-order valence-electron chi connectivity index (χ0n) is 29.0. The van der Waals surface area contributed by atoms with Crippen LogP contribution in [0, 0.1) is 38.5 Å². The maximum atomic E-state index is 10.8. The van der Waals surface area contributed by atoms with Crippen molar-refractivity contribution in [1.82, 2.24) is 0 Å². The fourth-order valence-corrected chi connectivity index (χ4v) is 6.02. The van der Waals surface area contributed by atoms with Crippen LogP contribution in [0.15, 0.2) is 12.7 Å². The molecule has 242 valence electrons. The number of aromatic hydroxyl groups is 1. The summed E-state index contributed by atoms with van der Waals surface area (Å²) in [5.74, 6) is 3.92. The van der Waals surface area contributed by atoms with Gasteiger partial charge in [-0.15, -0.1) is 0 Å². The first kappa shape index (κ1) is 38.1. The average Bonchev–Trinajstić information content (AvgIpc) is 2.94. The Labute approximate surface area is 260 Å². The average molecular weight is 587 g/mol. The van der Waals surface area contributed by atoms with Crippen molar-refractivity contribution in [3.05, 3.63) is 34.9 Å². The Bertz CT molecular complexity index is 934. The third-order valence-electron chi connectivity index (χ3n) is 9.21. The lowest BCUT2D eigenvalue weighted by molar-refractivity contribution is -0.142. The molecule has 1 N–H and O–H groups in total. The Balaban J connectivity index is 0.000000679. The van der Waals surface area contributed by atoms with Gasteiger partial charge in [-0.05, 0) is 94.2 Å². The summed E-state index contributed by atoms with van der Waals surface area (Å²) in [6.45, 7) is 23.8. The Morgan fingerprint density at radius 2 is 1.52 bits per heavy atom. The van der Waals surface area contributed by atoms with Gasteiger partial charge in [0.1, 0.15) is 23.7 Å². The van der Waals surface area contributed by atoms with Crippen LogP contribution >= 0.6 is 0 Å². The van der Waals surface area contributed by atoms with Crippen molar-refractivity contribution in [2.75, 3.05) is 6.61 Å². The van der Waals surface area contributed by atoms with E-state index >= 15 is 0 Å². The van der Waals surface area contributed by atoms with Crippen LogP contribution in [0.3, 0.4) is 0 Å². The Hall–Kier alpha value is -1.97. The first-order chi connectivity index (χ1) is 19.8. The molecule has 2 rings (SSSR count). The summed E-state index contributed by atoms with van der Waals surface area (Å²) in [4.78, 5) is 10.8. The molecule has 0 saturated carbocycles. The topological polar surface area (TPSA) is 55.8 Å². The van der Waals surface area contributed by atoms with Gasteiger partial charge >= 0.3 is 5.97 Å². The smallest absolute Gasteiger partial charge is 0.306 e. The molecule has 1 aromatic rings. The van der Waals surface area contributed by atoms with Crippen LogP contribution in [-0.2, 0) is 16.0 Å². The fourth-order valence-electron chi connectivity index (χ4n) is 6.02. The second-order valence-corrected chi connectivity index (χ2v) is 13.9. The lowest BCUT2D eigenvalue weighted by Crippen LogP contribution is -2.37. The number of fused-ring (bicyclic) bond motifs is 1. The van der Waals surface area contributed by atoms with E-state index in [0.29, 0.717) is 18.8 Å². The molecule has 0 fully saturated rings. The molecule has 4 nitrogen and oxygen atoms in total. The predicted molar refractivity (Wildman–Crippen MR) is 180 cm³/mol. The van der Waals surface area contributed by atoms with Crippen LogP contribution in [0.5, 0.6) is 11.5 Å². The predicted octanol–water partition coefficient (Wildman–Crippen LogP) is 11.1. The highest BCUT2D eigenvalue weighted by Gasteiger charge is 2.34. The molecule has 2 unspecified atom stereocenters. The maximum absolute atomic E-state index is 10.8. The second kappa shape index (κ2) is 20.1. The fraction of sp³-hybridized carbons (Fsp3) is 0.763. The van der Waals surface area contributed by atoms with Gasteiger partial charge in [0.25, 0.3) is 0 Å². The van der Waals surface area contributed by atoms with E-state index in [9.17, 15) is 9.90 Å². The normalized spacial score (nSPS) is 17.5. The third-order valence-corrected chi connectivity index (χ3v) is 9.21. The number of ether oxygens (including phenoxy) is 2. The Morgan fingerprint density at radius 1 is 0.929 bits per heavy atom. The molecule has 4 heteroatoms. The van der Waals surface area contributed by atoms with Gasteiger partial charge in [0.05, 0.1) is 0 Å². The van der Waals surface area contributed by atoms with Gasteiger partial charge in [0.2, 0.25) is 0 Å². The summed E-state index contributed by atoms with van der Waals surface area (Å²) < 4.78 is 11.4. The zero-order chi connectivity index (χ0) is 31.7. The molecule has 1 aromatic carbocycles. The SMILES string of the molecule is C=CCOC(=O)CCCCC.Cc1c(C)c2c(c(C)c1O)CC[C@@](C)(CCCC(C)CCCC(C)CCCC(C)C)O2. The molecule has 1 aliphatic heterocycles. The summed E-state index contributed by atoms with van der Waals surface area (Å²) in [5, 5.41) is 10.4. The molecule has 0 aromatic heterocycles. The minimum atomic E-state index is -0.113. The summed E-state index contributed by atoms with van der Waals surface area (Å²) >= 11 is 0. The molecular formula is C38H66O4. The summed E-state index contributed by atoms with van der Waals surface area (Å²) in [6.07, 6.45) is 19.3. The van der Waals surface area contributed by atoms with E-state index in [1.54, 1.807) is 6.08 Å². The quantitative estimate of drug-likeness (QED) is 0.106. The number of esters is 1. The van der Waals surface area contributed by atoms with Crippen molar-refractivity contribution in [3.8, 4) is 11.5 Å². The van der Waals surface area contributed by atoms with Crippen molar-refractivity contribution >= 4 is 5.97 Å². The van der Waals surface area contributed by atoms with Gasteiger partial charge in [0.15, 0.2) is 0 Å². The first-order valence-corrected chi connectivity index (χ1v) is 17.1. The monoisotopic (exact) mass is 586 g/mol. The zero-order valence-corrected chi connectivity index (χ0v) is 29.0. The highest BCUT2D eigenvalue weighted by Crippen LogP contribution is 2.44. The molecule has 0 aliphatic carbocycles. The lowest BCUT2D eigenvalue weighted by Gasteiger charge is -2.38. The van der Waals surface area contributed by atoms with Crippen LogP contribution in [0.4, 0.5) is 0 Å². The molecule has 0 saturated heterocycles. The van der Waals surface area contributed by atoms with E-state index in [4.69, 9.17) is 9.47 Å². The summed E-state index contributed by atoms with van der Waals surface area (Å²) in [6, 6.07) is 0. The molecule has 3 atom stereocenters. The molecule has 0 spiro atoms. The van der Waals surface area contributed by atoms with Crippen LogP contribution in [0.25, 0.3) is 0 Å². The van der Waals surface area contributed by atoms with E-state index in [-0.39, 0.29) is 11.6 Å². The molecule has 0 amide bonds. The molecule has 1 aliphatic rings. The molecule has 1 heterocycles. The highest BCUT2D eigenvalue weighted by atomic mass is 16.5. The lowest BCUT2D eigenvalue weighted by atomic mass is 9.84. The first-order valence-electron chi connectivity index (χ1n) is 17.1. The highest BCUT2D eigenvalue weighted by molar-refractivity contribution is 5.69. The van der Waals surface area contributed by atoms with Crippen LogP contribution in [0.2, 0.25) is 0 Å².